The number of benzene rings is 3. The Morgan fingerprint density at radius 3 is 2.26 bits per heavy atom. The number of anilines is 3. The molecule has 0 aliphatic carbocycles. The van der Waals surface area contributed by atoms with Crippen molar-refractivity contribution in [2.45, 2.75) is 32.4 Å². The lowest BCUT2D eigenvalue weighted by Crippen LogP contribution is -2.18. The Bertz CT molecular complexity index is 1300. The van der Waals surface area contributed by atoms with Gasteiger partial charge in [-0.15, -0.1) is 0 Å². The zero-order valence-corrected chi connectivity index (χ0v) is 20.3. The Kier molecular flexibility index (Phi) is 6.73. The van der Waals surface area contributed by atoms with Crippen molar-refractivity contribution >= 4 is 28.1 Å². The summed E-state index contributed by atoms with van der Waals surface area (Å²) in [7, 11) is 1.67. The van der Waals surface area contributed by atoms with Crippen molar-refractivity contribution < 1.29 is 4.74 Å². The topological polar surface area (TPSA) is 89.4 Å². The summed E-state index contributed by atoms with van der Waals surface area (Å²) < 4.78 is 5.27. The van der Waals surface area contributed by atoms with E-state index in [-0.39, 0.29) is 0 Å². The number of methoxy groups -OCH3 is 1. The van der Waals surface area contributed by atoms with Crippen LogP contribution in [-0.4, -0.2) is 30.1 Å². The molecule has 1 aromatic heterocycles. The van der Waals surface area contributed by atoms with Gasteiger partial charge in [0.1, 0.15) is 5.75 Å². The second kappa shape index (κ2) is 10.2. The molecule has 0 spiro atoms. The molecule has 1 fully saturated rings. The predicted octanol–water partition coefficient (Wildman–Crippen LogP) is 5.21. The average Bonchev–Trinajstić information content (AvgIpc) is 3.40. The molecule has 1 aliphatic rings. The number of nitrogen functional groups attached to an aromatic ring is 2. The standard InChI is InChI=1S/C29H33N5O/c1-35-24-13-11-20(12-14-24)17-23-5-4-6-25-26(23)27(30)28(31)29(33-25)32-18-21-7-9-22(10-8-21)19-34-15-2-3-16-34/h4-14H,2-3,15-19,31H2,1H3,(H3,30,32,33). The third-order valence-electron chi connectivity index (χ3n) is 6.82. The van der Waals surface area contributed by atoms with E-state index in [2.05, 4.69) is 52.7 Å². The SMILES string of the molecule is COc1ccc(Cc2cccc3nc(NCc4ccc(CN5CCCC5)cc4)c(N)c(N)c23)cc1. The zero-order valence-electron chi connectivity index (χ0n) is 20.3. The fourth-order valence-electron chi connectivity index (χ4n) is 4.83. The van der Waals surface area contributed by atoms with E-state index in [0.29, 0.717) is 23.7 Å². The first-order valence-electron chi connectivity index (χ1n) is 12.2. The van der Waals surface area contributed by atoms with E-state index in [1.165, 1.54) is 42.6 Å². The van der Waals surface area contributed by atoms with Crippen molar-refractivity contribution in [2.75, 3.05) is 37.0 Å². The van der Waals surface area contributed by atoms with Gasteiger partial charge in [0.05, 0.1) is 24.0 Å². The molecule has 0 amide bonds. The summed E-state index contributed by atoms with van der Waals surface area (Å²) in [4.78, 5) is 7.34. The average molecular weight is 468 g/mol. The number of likely N-dealkylation sites (tertiary alicyclic amines) is 1. The summed E-state index contributed by atoms with van der Waals surface area (Å²) >= 11 is 0. The molecule has 5 N–H and O–H groups in total. The van der Waals surface area contributed by atoms with Crippen molar-refractivity contribution in [1.82, 2.24) is 9.88 Å². The third kappa shape index (κ3) is 5.17. The maximum atomic E-state index is 6.56. The first kappa shape index (κ1) is 23.0. The Hall–Kier alpha value is -3.77. The first-order valence-corrected chi connectivity index (χ1v) is 12.2. The van der Waals surface area contributed by atoms with Gasteiger partial charge >= 0.3 is 0 Å². The molecule has 1 saturated heterocycles. The lowest BCUT2D eigenvalue weighted by Gasteiger charge is -2.16. The highest BCUT2D eigenvalue weighted by Gasteiger charge is 2.14. The molecule has 0 radical (unpaired) electrons. The molecule has 4 aromatic rings. The van der Waals surface area contributed by atoms with Gasteiger partial charge in [0.25, 0.3) is 0 Å². The molecule has 3 aromatic carbocycles. The van der Waals surface area contributed by atoms with Crippen LogP contribution in [0.2, 0.25) is 0 Å². The lowest BCUT2D eigenvalue weighted by atomic mass is 9.99. The summed E-state index contributed by atoms with van der Waals surface area (Å²) in [6.45, 7) is 4.08. The maximum Gasteiger partial charge on any atom is 0.152 e. The van der Waals surface area contributed by atoms with Crippen LogP contribution in [0, 0.1) is 0 Å². The van der Waals surface area contributed by atoms with Crippen LogP contribution in [0.15, 0.2) is 66.7 Å². The highest BCUT2D eigenvalue weighted by Crippen LogP contribution is 2.34. The Morgan fingerprint density at radius 2 is 1.54 bits per heavy atom. The summed E-state index contributed by atoms with van der Waals surface area (Å²) in [5, 5.41) is 4.31. The zero-order chi connectivity index (χ0) is 24.2. The van der Waals surface area contributed by atoms with Gasteiger partial charge in [0.2, 0.25) is 0 Å². The molecule has 0 atom stereocenters. The summed E-state index contributed by atoms with van der Waals surface area (Å²) in [6.07, 6.45) is 3.37. The van der Waals surface area contributed by atoms with Gasteiger partial charge in [-0.25, -0.2) is 4.98 Å². The smallest absolute Gasteiger partial charge is 0.152 e. The number of hydrogen-bond acceptors (Lipinski definition) is 6. The lowest BCUT2D eigenvalue weighted by molar-refractivity contribution is 0.331. The van der Waals surface area contributed by atoms with Gasteiger partial charge in [-0.1, -0.05) is 48.5 Å². The molecule has 0 saturated carbocycles. The van der Waals surface area contributed by atoms with Gasteiger partial charge in [0.15, 0.2) is 5.82 Å². The Balaban J connectivity index is 1.32. The number of ether oxygens (including phenoxy) is 1. The van der Waals surface area contributed by atoms with E-state index in [9.17, 15) is 0 Å². The second-order valence-electron chi connectivity index (χ2n) is 9.28. The highest BCUT2D eigenvalue weighted by atomic mass is 16.5. The molecule has 0 unspecified atom stereocenters. The van der Waals surface area contributed by atoms with Crippen molar-refractivity contribution in [3.8, 4) is 5.75 Å². The first-order chi connectivity index (χ1) is 17.1. The van der Waals surface area contributed by atoms with E-state index in [1.54, 1.807) is 7.11 Å². The van der Waals surface area contributed by atoms with Gasteiger partial charge in [-0.05, 0) is 72.8 Å². The number of rotatable bonds is 8. The second-order valence-corrected chi connectivity index (χ2v) is 9.28. The van der Waals surface area contributed by atoms with Gasteiger partial charge in [0, 0.05) is 18.5 Å². The van der Waals surface area contributed by atoms with Crippen LogP contribution in [0.1, 0.15) is 35.1 Å². The Labute approximate surface area is 206 Å². The predicted molar refractivity (Wildman–Crippen MR) is 145 cm³/mol. The van der Waals surface area contributed by atoms with Crippen LogP contribution in [0.3, 0.4) is 0 Å². The normalized spacial score (nSPS) is 13.9. The molecule has 35 heavy (non-hydrogen) atoms. The van der Waals surface area contributed by atoms with Crippen LogP contribution in [-0.2, 0) is 19.5 Å². The third-order valence-corrected chi connectivity index (χ3v) is 6.82. The molecule has 1 aliphatic heterocycles. The minimum atomic E-state index is 0.491. The minimum absolute atomic E-state index is 0.491. The largest absolute Gasteiger partial charge is 0.497 e. The molecule has 6 nitrogen and oxygen atoms in total. The summed E-state index contributed by atoms with van der Waals surface area (Å²) in [5.74, 6) is 1.46. The highest BCUT2D eigenvalue weighted by molar-refractivity contribution is 6.02. The van der Waals surface area contributed by atoms with Crippen LogP contribution in [0.5, 0.6) is 5.75 Å². The fourth-order valence-corrected chi connectivity index (χ4v) is 4.83. The van der Waals surface area contributed by atoms with Gasteiger partial charge in [-0.3, -0.25) is 4.90 Å². The number of nitrogens with zero attached hydrogens (tertiary/aromatic N) is 2. The minimum Gasteiger partial charge on any atom is -0.497 e. The monoisotopic (exact) mass is 467 g/mol. The number of fused-ring (bicyclic) bond motifs is 1. The van der Waals surface area contributed by atoms with Crippen molar-refractivity contribution in [3.05, 3.63) is 89.0 Å². The number of nitrogens with two attached hydrogens (primary N) is 2. The van der Waals surface area contributed by atoms with E-state index in [1.807, 2.05) is 24.3 Å². The summed E-state index contributed by atoms with van der Waals surface area (Å²) in [6, 6.07) is 22.9. The summed E-state index contributed by atoms with van der Waals surface area (Å²) in [5.41, 5.74) is 19.7. The quantitative estimate of drug-likeness (QED) is 0.330. The van der Waals surface area contributed by atoms with Crippen LogP contribution in [0.25, 0.3) is 10.9 Å². The van der Waals surface area contributed by atoms with Crippen molar-refractivity contribution in [2.24, 2.45) is 0 Å². The van der Waals surface area contributed by atoms with Crippen LogP contribution >= 0.6 is 0 Å². The number of pyridine rings is 1. The molecule has 0 bridgehead atoms. The molecule has 6 heteroatoms. The molecule has 180 valence electrons. The number of hydrogen-bond donors (Lipinski definition) is 3. The van der Waals surface area contributed by atoms with Crippen LogP contribution in [0.4, 0.5) is 17.2 Å². The number of aromatic nitrogens is 1. The molecular weight excluding hydrogens is 434 g/mol. The van der Waals surface area contributed by atoms with Crippen molar-refractivity contribution in [3.63, 3.8) is 0 Å². The van der Waals surface area contributed by atoms with E-state index in [0.717, 1.165) is 35.2 Å². The van der Waals surface area contributed by atoms with E-state index < -0.39 is 0 Å². The maximum absolute atomic E-state index is 6.56. The molecular formula is C29H33N5O. The van der Waals surface area contributed by atoms with Crippen LogP contribution < -0.4 is 21.5 Å². The van der Waals surface area contributed by atoms with E-state index in [4.69, 9.17) is 21.2 Å². The fraction of sp³-hybridized carbons (Fsp3) is 0.276. The van der Waals surface area contributed by atoms with Gasteiger partial charge < -0.3 is 21.5 Å². The Morgan fingerprint density at radius 1 is 0.857 bits per heavy atom. The number of nitrogens with one attached hydrogen (secondary N) is 1. The van der Waals surface area contributed by atoms with E-state index >= 15 is 0 Å². The van der Waals surface area contributed by atoms with Crippen molar-refractivity contribution in [1.29, 1.82) is 0 Å². The molecule has 5 rings (SSSR count). The molecule has 2 heterocycles. The van der Waals surface area contributed by atoms with Gasteiger partial charge in [-0.2, -0.15) is 0 Å².